The van der Waals surface area contributed by atoms with Gasteiger partial charge in [0.2, 0.25) is 5.95 Å². The van der Waals surface area contributed by atoms with Gasteiger partial charge in [-0.2, -0.15) is 10.1 Å². The molecule has 0 saturated heterocycles. The molecule has 15 heavy (non-hydrogen) atoms. The van der Waals surface area contributed by atoms with Crippen molar-refractivity contribution in [3.05, 3.63) is 39.4 Å². The van der Waals surface area contributed by atoms with Gasteiger partial charge in [-0.15, -0.1) is 0 Å². The third kappa shape index (κ3) is 1.58. The number of nitrogens with zero attached hydrogens (tertiary/aromatic N) is 4. The maximum Gasteiger partial charge on any atom is 0.354 e. The first-order valence-electron chi connectivity index (χ1n) is 4.43. The number of aromatic amines is 1. The third-order valence-corrected chi connectivity index (χ3v) is 1.93. The molecule has 0 aromatic carbocycles. The standard InChI is InChI=1S/C8H9N5O2/c1-2-12-7(14)10-6(11-8(12)15)13-5-3-4-9-13/h3-5H,2H2,1H3,(H,10,11,14,15). The van der Waals surface area contributed by atoms with E-state index in [-0.39, 0.29) is 5.95 Å². The van der Waals surface area contributed by atoms with E-state index in [1.807, 2.05) is 0 Å². The van der Waals surface area contributed by atoms with E-state index in [2.05, 4.69) is 15.1 Å². The normalized spacial score (nSPS) is 10.5. The zero-order valence-corrected chi connectivity index (χ0v) is 8.04. The van der Waals surface area contributed by atoms with Gasteiger partial charge in [0.1, 0.15) is 0 Å². The average Bonchev–Trinajstić information content (AvgIpc) is 2.69. The molecule has 2 aromatic heterocycles. The van der Waals surface area contributed by atoms with Crippen molar-refractivity contribution in [3.8, 4) is 5.95 Å². The highest BCUT2D eigenvalue weighted by atomic mass is 16.2. The van der Waals surface area contributed by atoms with Crippen molar-refractivity contribution in [1.82, 2.24) is 24.3 Å². The van der Waals surface area contributed by atoms with Gasteiger partial charge in [-0.25, -0.2) is 18.8 Å². The topological polar surface area (TPSA) is 85.6 Å². The smallest absolute Gasteiger partial charge is 0.275 e. The second kappa shape index (κ2) is 3.52. The van der Waals surface area contributed by atoms with Gasteiger partial charge in [-0.1, -0.05) is 0 Å². The van der Waals surface area contributed by atoms with E-state index in [4.69, 9.17) is 0 Å². The molecule has 2 heterocycles. The second-order valence-electron chi connectivity index (χ2n) is 2.84. The lowest BCUT2D eigenvalue weighted by Gasteiger charge is -2.01. The first kappa shape index (κ1) is 9.38. The highest BCUT2D eigenvalue weighted by Crippen LogP contribution is 1.91. The lowest BCUT2D eigenvalue weighted by Crippen LogP contribution is -2.37. The van der Waals surface area contributed by atoms with Gasteiger partial charge >= 0.3 is 11.4 Å². The van der Waals surface area contributed by atoms with Crippen LogP contribution in [-0.4, -0.2) is 24.3 Å². The van der Waals surface area contributed by atoms with Crippen molar-refractivity contribution in [2.24, 2.45) is 0 Å². The first-order chi connectivity index (χ1) is 7.22. The number of hydrogen-bond donors (Lipinski definition) is 1. The van der Waals surface area contributed by atoms with Gasteiger partial charge in [-0.05, 0) is 13.0 Å². The molecule has 0 spiro atoms. The van der Waals surface area contributed by atoms with E-state index in [9.17, 15) is 9.59 Å². The van der Waals surface area contributed by atoms with Gasteiger partial charge in [0.15, 0.2) is 0 Å². The summed E-state index contributed by atoms with van der Waals surface area (Å²) < 4.78 is 2.33. The van der Waals surface area contributed by atoms with Crippen LogP contribution >= 0.6 is 0 Å². The van der Waals surface area contributed by atoms with Gasteiger partial charge in [0, 0.05) is 18.9 Å². The summed E-state index contributed by atoms with van der Waals surface area (Å²) in [6.45, 7) is 1.99. The molecule has 0 amide bonds. The SMILES string of the molecule is CCn1c(=O)nc(-n2cccn2)[nH]c1=O. The average molecular weight is 207 g/mol. The molecule has 0 aliphatic carbocycles. The summed E-state index contributed by atoms with van der Waals surface area (Å²) in [6.07, 6.45) is 3.12. The molecule has 0 atom stereocenters. The van der Waals surface area contributed by atoms with E-state index in [1.165, 1.54) is 10.9 Å². The molecule has 0 saturated carbocycles. The van der Waals surface area contributed by atoms with Crippen LogP contribution in [0, 0.1) is 0 Å². The van der Waals surface area contributed by atoms with Crippen molar-refractivity contribution >= 4 is 0 Å². The summed E-state index contributed by atoms with van der Waals surface area (Å²) in [7, 11) is 0. The van der Waals surface area contributed by atoms with Crippen LogP contribution < -0.4 is 11.4 Å². The molecular weight excluding hydrogens is 198 g/mol. The van der Waals surface area contributed by atoms with Crippen LogP contribution in [0.25, 0.3) is 5.95 Å². The van der Waals surface area contributed by atoms with E-state index in [0.717, 1.165) is 4.57 Å². The van der Waals surface area contributed by atoms with Gasteiger partial charge < -0.3 is 0 Å². The van der Waals surface area contributed by atoms with Gasteiger partial charge in [-0.3, -0.25) is 4.98 Å². The fraction of sp³-hybridized carbons (Fsp3) is 0.250. The maximum absolute atomic E-state index is 11.4. The van der Waals surface area contributed by atoms with Crippen LogP contribution in [0.5, 0.6) is 0 Å². The molecule has 0 unspecified atom stereocenters. The summed E-state index contributed by atoms with van der Waals surface area (Å²) in [6, 6.07) is 1.67. The Morgan fingerprint density at radius 1 is 1.47 bits per heavy atom. The van der Waals surface area contributed by atoms with Crippen LogP contribution in [-0.2, 0) is 6.54 Å². The molecule has 0 radical (unpaired) electrons. The third-order valence-electron chi connectivity index (χ3n) is 1.93. The summed E-state index contributed by atoms with van der Waals surface area (Å²) in [5.41, 5.74) is -1.06. The monoisotopic (exact) mass is 207 g/mol. The molecule has 0 aliphatic rings. The van der Waals surface area contributed by atoms with Crippen LogP contribution in [0.15, 0.2) is 28.0 Å². The van der Waals surface area contributed by atoms with Crippen molar-refractivity contribution in [1.29, 1.82) is 0 Å². The number of rotatable bonds is 2. The number of H-pyrrole nitrogens is 1. The molecule has 7 heteroatoms. The highest BCUT2D eigenvalue weighted by molar-refractivity contribution is 5.05. The molecule has 0 fully saturated rings. The number of aromatic nitrogens is 5. The molecular formula is C8H9N5O2. The molecule has 7 nitrogen and oxygen atoms in total. The van der Waals surface area contributed by atoms with Crippen molar-refractivity contribution < 1.29 is 0 Å². The van der Waals surface area contributed by atoms with Gasteiger partial charge in [0.05, 0.1) is 0 Å². The Balaban J connectivity index is 2.64. The Kier molecular flexibility index (Phi) is 2.20. The Morgan fingerprint density at radius 2 is 2.27 bits per heavy atom. The van der Waals surface area contributed by atoms with E-state index >= 15 is 0 Å². The Morgan fingerprint density at radius 3 is 2.80 bits per heavy atom. The quantitative estimate of drug-likeness (QED) is 0.694. The summed E-state index contributed by atoms with van der Waals surface area (Å²) >= 11 is 0. The van der Waals surface area contributed by atoms with E-state index in [1.54, 1.807) is 19.2 Å². The molecule has 2 rings (SSSR count). The minimum absolute atomic E-state index is 0.125. The predicted molar refractivity (Wildman–Crippen MR) is 51.9 cm³/mol. The summed E-state index contributed by atoms with van der Waals surface area (Å²) in [4.78, 5) is 29.0. The summed E-state index contributed by atoms with van der Waals surface area (Å²) in [5.74, 6) is 0.125. The van der Waals surface area contributed by atoms with Crippen LogP contribution in [0.3, 0.4) is 0 Å². The van der Waals surface area contributed by atoms with E-state index in [0.29, 0.717) is 6.54 Å². The Hall–Kier alpha value is -2.18. The molecule has 2 aromatic rings. The summed E-state index contributed by atoms with van der Waals surface area (Å²) in [5, 5.41) is 3.86. The minimum Gasteiger partial charge on any atom is -0.275 e. The molecule has 0 bridgehead atoms. The molecule has 78 valence electrons. The van der Waals surface area contributed by atoms with E-state index < -0.39 is 11.4 Å². The lowest BCUT2D eigenvalue weighted by molar-refractivity contribution is 0.623. The lowest BCUT2D eigenvalue weighted by atomic mass is 10.7. The fourth-order valence-electron chi connectivity index (χ4n) is 1.21. The number of hydrogen-bond acceptors (Lipinski definition) is 4. The number of nitrogens with one attached hydrogen (secondary N) is 1. The van der Waals surface area contributed by atoms with Crippen molar-refractivity contribution in [2.75, 3.05) is 0 Å². The largest absolute Gasteiger partial charge is 0.354 e. The fourth-order valence-corrected chi connectivity index (χ4v) is 1.21. The van der Waals surface area contributed by atoms with Crippen LogP contribution in [0.4, 0.5) is 0 Å². The van der Waals surface area contributed by atoms with Crippen molar-refractivity contribution in [2.45, 2.75) is 13.5 Å². The second-order valence-corrected chi connectivity index (χ2v) is 2.84. The molecule has 1 N–H and O–H groups in total. The predicted octanol–water partition coefficient (Wildman–Crippen LogP) is -0.863. The van der Waals surface area contributed by atoms with Crippen LogP contribution in [0.1, 0.15) is 6.92 Å². The van der Waals surface area contributed by atoms with Gasteiger partial charge in [0.25, 0.3) is 0 Å². The zero-order chi connectivity index (χ0) is 10.8. The zero-order valence-electron chi connectivity index (χ0n) is 8.04. The van der Waals surface area contributed by atoms with Crippen molar-refractivity contribution in [3.63, 3.8) is 0 Å². The maximum atomic E-state index is 11.4. The Labute approximate surface area is 84.0 Å². The first-order valence-corrected chi connectivity index (χ1v) is 4.43. The highest BCUT2D eigenvalue weighted by Gasteiger charge is 2.05. The minimum atomic E-state index is -0.577. The molecule has 0 aliphatic heterocycles. The Bertz CT molecular complexity index is 534. The van der Waals surface area contributed by atoms with Crippen LogP contribution in [0.2, 0.25) is 0 Å².